The first-order valence-corrected chi connectivity index (χ1v) is 5.34. The molecule has 0 atom stereocenters. The van der Waals surface area contributed by atoms with E-state index in [1.807, 2.05) is 0 Å². The van der Waals surface area contributed by atoms with Gasteiger partial charge in [-0.1, -0.05) is 0 Å². The first kappa shape index (κ1) is 9.93. The van der Waals surface area contributed by atoms with Gasteiger partial charge in [0.1, 0.15) is 5.82 Å². The second-order valence-corrected chi connectivity index (χ2v) is 4.05. The maximum absolute atomic E-state index is 13.0. The average molecular weight is 260 g/mol. The smallest absolute Gasteiger partial charge is 0.137 e. The number of hydrogen-bond acceptors (Lipinski definition) is 2. The van der Waals surface area contributed by atoms with E-state index >= 15 is 0 Å². The van der Waals surface area contributed by atoms with Gasteiger partial charge in [-0.25, -0.2) is 4.39 Å². The minimum atomic E-state index is -0.220. The zero-order valence-electron chi connectivity index (χ0n) is 7.67. The van der Waals surface area contributed by atoms with Gasteiger partial charge >= 0.3 is 0 Å². The Morgan fingerprint density at radius 2 is 2.00 bits per heavy atom. The van der Waals surface area contributed by atoms with Gasteiger partial charge in [-0.3, -0.25) is 0 Å². The number of anilines is 1. The SMILES string of the molecule is Fc1ccc(N2CCOCC2)cc1Br. The lowest BCUT2D eigenvalue weighted by atomic mass is 10.2. The fourth-order valence-corrected chi connectivity index (χ4v) is 1.87. The Hall–Kier alpha value is -0.610. The first-order valence-electron chi connectivity index (χ1n) is 4.55. The van der Waals surface area contributed by atoms with Crippen LogP contribution >= 0.6 is 15.9 Å². The quantitative estimate of drug-likeness (QED) is 0.768. The van der Waals surface area contributed by atoms with E-state index in [0.717, 1.165) is 32.0 Å². The molecular weight excluding hydrogens is 249 g/mol. The summed E-state index contributed by atoms with van der Waals surface area (Å²) in [5.41, 5.74) is 1.04. The van der Waals surface area contributed by atoms with Crippen LogP contribution in [0, 0.1) is 5.82 Å². The van der Waals surface area contributed by atoms with Gasteiger partial charge in [0, 0.05) is 18.8 Å². The van der Waals surface area contributed by atoms with E-state index in [9.17, 15) is 4.39 Å². The van der Waals surface area contributed by atoms with Gasteiger partial charge in [0.15, 0.2) is 0 Å². The molecule has 0 unspecified atom stereocenters. The monoisotopic (exact) mass is 259 g/mol. The Morgan fingerprint density at radius 1 is 1.29 bits per heavy atom. The summed E-state index contributed by atoms with van der Waals surface area (Å²) >= 11 is 3.18. The van der Waals surface area contributed by atoms with Gasteiger partial charge < -0.3 is 9.64 Å². The van der Waals surface area contributed by atoms with E-state index in [0.29, 0.717) is 4.47 Å². The summed E-state index contributed by atoms with van der Waals surface area (Å²) in [6, 6.07) is 5.08. The lowest BCUT2D eigenvalue weighted by Gasteiger charge is -2.28. The van der Waals surface area contributed by atoms with Crippen LogP contribution in [0.3, 0.4) is 0 Å². The zero-order valence-corrected chi connectivity index (χ0v) is 9.26. The van der Waals surface area contributed by atoms with Gasteiger partial charge in [-0.2, -0.15) is 0 Å². The van der Waals surface area contributed by atoms with Gasteiger partial charge in [-0.05, 0) is 34.1 Å². The molecule has 1 aromatic rings. The van der Waals surface area contributed by atoms with Crippen LogP contribution in [-0.4, -0.2) is 26.3 Å². The number of ether oxygens (including phenoxy) is 1. The van der Waals surface area contributed by atoms with E-state index in [-0.39, 0.29) is 5.82 Å². The third-order valence-electron chi connectivity index (χ3n) is 2.28. The molecule has 0 spiro atoms. The lowest BCUT2D eigenvalue weighted by Crippen LogP contribution is -2.36. The molecule has 1 aromatic carbocycles. The molecular formula is C10H11BrFNO. The van der Waals surface area contributed by atoms with E-state index in [2.05, 4.69) is 20.8 Å². The zero-order chi connectivity index (χ0) is 9.97. The highest BCUT2D eigenvalue weighted by Crippen LogP contribution is 2.23. The highest BCUT2D eigenvalue weighted by Gasteiger charge is 2.12. The van der Waals surface area contributed by atoms with Crippen molar-refractivity contribution in [2.75, 3.05) is 31.2 Å². The van der Waals surface area contributed by atoms with Crippen molar-refractivity contribution < 1.29 is 9.13 Å². The Labute approximate surface area is 90.8 Å². The Morgan fingerprint density at radius 3 is 2.64 bits per heavy atom. The Bertz CT molecular complexity index is 326. The maximum Gasteiger partial charge on any atom is 0.137 e. The normalized spacial score (nSPS) is 17.1. The molecule has 2 nitrogen and oxygen atoms in total. The van der Waals surface area contributed by atoms with Crippen LogP contribution in [0.2, 0.25) is 0 Å². The molecule has 0 aromatic heterocycles. The third kappa shape index (κ3) is 2.07. The second-order valence-electron chi connectivity index (χ2n) is 3.20. The van der Waals surface area contributed by atoms with Crippen molar-refractivity contribution in [3.05, 3.63) is 28.5 Å². The molecule has 4 heteroatoms. The number of halogens is 2. The van der Waals surface area contributed by atoms with Gasteiger partial charge in [0.25, 0.3) is 0 Å². The molecule has 14 heavy (non-hydrogen) atoms. The van der Waals surface area contributed by atoms with Crippen LogP contribution < -0.4 is 4.90 Å². The minimum absolute atomic E-state index is 0.220. The van der Waals surface area contributed by atoms with Crippen LogP contribution in [0.5, 0.6) is 0 Å². The van der Waals surface area contributed by atoms with Gasteiger partial charge in [0.2, 0.25) is 0 Å². The predicted octanol–water partition coefficient (Wildman–Crippen LogP) is 2.42. The standard InChI is InChI=1S/C10H11BrFNO/c11-9-7-8(1-2-10(9)12)13-3-5-14-6-4-13/h1-2,7H,3-6H2. The van der Waals surface area contributed by atoms with Crippen LogP contribution in [0.4, 0.5) is 10.1 Å². The van der Waals surface area contributed by atoms with Crippen molar-refractivity contribution in [2.24, 2.45) is 0 Å². The fourth-order valence-electron chi connectivity index (χ4n) is 1.50. The summed E-state index contributed by atoms with van der Waals surface area (Å²) in [6.45, 7) is 3.24. The average Bonchev–Trinajstić information content (AvgIpc) is 2.23. The molecule has 0 amide bonds. The molecule has 1 fully saturated rings. The van der Waals surface area contributed by atoms with Crippen molar-refractivity contribution in [3.8, 4) is 0 Å². The highest BCUT2D eigenvalue weighted by molar-refractivity contribution is 9.10. The number of rotatable bonds is 1. The lowest BCUT2D eigenvalue weighted by molar-refractivity contribution is 0.122. The summed E-state index contributed by atoms with van der Waals surface area (Å²) in [5.74, 6) is -0.220. The Kier molecular flexibility index (Phi) is 3.03. The van der Waals surface area contributed by atoms with Crippen molar-refractivity contribution >= 4 is 21.6 Å². The molecule has 0 radical (unpaired) electrons. The third-order valence-corrected chi connectivity index (χ3v) is 2.89. The van der Waals surface area contributed by atoms with Crippen LogP contribution in [0.25, 0.3) is 0 Å². The fraction of sp³-hybridized carbons (Fsp3) is 0.400. The molecule has 1 saturated heterocycles. The summed E-state index contributed by atoms with van der Waals surface area (Å²) < 4.78 is 18.7. The number of nitrogens with zero attached hydrogens (tertiary/aromatic N) is 1. The van der Waals surface area contributed by atoms with Crippen LogP contribution in [-0.2, 0) is 4.74 Å². The highest BCUT2D eigenvalue weighted by atomic mass is 79.9. The first-order chi connectivity index (χ1) is 6.77. The van der Waals surface area contributed by atoms with Crippen LogP contribution in [0.1, 0.15) is 0 Å². The van der Waals surface area contributed by atoms with Crippen LogP contribution in [0.15, 0.2) is 22.7 Å². The van der Waals surface area contributed by atoms with E-state index in [1.165, 1.54) is 6.07 Å². The van der Waals surface area contributed by atoms with Crippen molar-refractivity contribution in [2.45, 2.75) is 0 Å². The van der Waals surface area contributed by atoms with Gasteiger partial charge in [-0.15, -0.1) is 0 Å². The van der Waals surface area contributed by atoms with E-state index < -0.39 is 0 Å². The minimum Gasteiger partial charge on any atom is -0.378 e. The van der Waals surface area contributed by atoms with Crippen molar-refractivity contribution in [3.63, 3.8) is 0 Å². The molecule has 0 N–H and O–H groups in total. The number of morpholine rings is 1. The molecule has 1 aliphatic heterocycles. The maximum atomic E-state index is 13.0. The summed E-state index contributed by atoms with van der Waals surface area (Å²) in [7, 11) is 0. The number of benzene rings is 1. The molecule has 2 rings (SSSR count). The van der Waals surface area contributed by atoms with Crippen molar-refractivity contribution in [1.82, 2.24) is 0 Å². The molecule has 1 heterocycles. The summed E-state index contributed by atoms with van der Waals surface area (Å²) in [4.78, 5) is 2.19. The molecule has 1 aliphatic rings. The number of hydrogen-bond donors (Lipinski definition) is 0. The van der Waals surface area contributed by atoms with Crippen molar-refractivity contribution in [1.29, 1.82) is 0 Å². The second kappa shape index (κ2) is 4.28. The predicted molar refractivity (Wildman–Crippen MR) is 57.1 cm³/mol. The largest absolute Gasteiger partial charge is 0.378 e. The molecule has 0 aliphatic carbocycles. The molecule has 0 saturated carbocycles. The molecule has 76 valence electrons. The van der Waals surface area contributed by atoms with E-state index in [4.69, 9.17) is 4.74 Å². The summed E-state index contributed by atoms with van der Waals surface area (Å²) in [6.07, 6.45) is 0. The Balaban J connectivity index is 2.18. The van der Waals surface area contributed by atoms with Gasteiger partial charge in [0.05, 0.1) is 17.7 Å². The molecule has 0 bridgehead atoms. The van der Waals surface area contributed by atoms with E-state index in [1.54, 1.807) is 12.1 Å². The topological polar surface area (TPSA) is 12.5 Å². The summed E-state index contributed by atoms with van der Waals surface area (Å²) in [5, 5.41) is 0.